The van der Waals surface area contributed by atoms with Crippen LogP contribution in [0.2, 0.25) is 0 Å². The number of halogens is 1. The number of alkyl halides is 1. The van der Waals surface area contributed by atoms with Crippen molar-refractivity contribution in [1.29, 1.82) is 0 Å². The van der Waals surface area contributed by atoms with Crippen LogP contribution in [0.3, 0.4) is 0 Å². The lowest BCUT2D eigenvalue weighted by molar-refractivity contribution is 0.338. The predicted molar refractivity (Wildman–Crippen MR) is 64.9 cm³/mol. The van der Waals surface area contributed by atoms with E-state index in [-0.39, 0.29) is 5.38 Å². The molecule has 14 heavy (non-hydrogen) atoms. The fraction of sp³-hybridized carbons (Fsp3) is 0.846. The standard InChI is InChI=1S/C13H23Cl/c1-11(10-12(2)14)8-9-13-6-4-3-5-7-13/h12-13H,1,3-10H2,2H3. The molecule has 0 N–H and O–H groups in total. The topological polar surface area (TPSA) is 0 Å². The quantitative estimate of drug-likeness (QED) is 0.450. The molecule has 0 amide bonds. The average Bonchev–Trinajstić information content (AvgIpc) is 2.15. The molecule has 0 aromatic carbocycles. The van der Waals surface area contributed by atoms with Crippen LogP contribution < -0.4 is 0 Å². The normalized spacial score (nSPS) is 20.7. The highest BCUT2D eigenvalue weighted by Crippen LogP contribution is 2.29. The molecule has 0 aromatic heterocycles. The molecule has 1 rings (SSSR count). The van der Waals surface area contributed by atoms with Gasteiger partial charge in [0.2, 0.25) is 0 Å². The van der Waals surface area contributed by atoms with Crippen molar-refractivity contribution < 1.29 is 0 Å². The van der Waals surface area contributed by atoms with Crippen molar-refractivity contribution in [3.63, 3.8) is 0 Å². The van der Waals surface area contributed by atoms with E-state index in [0.29, 0.717) is 0 Å². The first-order chi connectivity index (χ1) is 6.68. The van der Waals surface area contributed by atoms with Gasteiger partial charge in [0.15, 0.2) is 0 Å². The van der Waals surface area contributed by atoms with Crippen molar-refractivity contribution in [1.82, 2.24) is 0 Å². The van der Waals surface area contributed by atoms with E-state index >= 15 is 0 Å². The summed E-state index contributed by atoms with van der Waals surface area (Å²) in [6.07, 6.45) is 10.8. The van der Waals surface area contributed by atoms with E-state index in [0.717, 1.165) is 12.3 Å². The van der Waals surface area contributed by atoms with Gasteiger partial charge in [0.05, 0.1) is 0 Å². The van der Waals surface area contributed by atoms with Gasteiger partial charge in [0.1, 0.15) is 0 Å². The zero-order valence-electron chi connectivity index (χ0n) is 9.40. The molecular formula is C13H23Cl. The number of hydrogen-bond acceptors (Lipinski definition) is 0. The van der Waals surface area contributed by atoms with Gasteiger partial charge in [-0.2, -0.15) is 0 Å². The van der Waals surface area contributed by atoms with Crippen molar-refractivity contribution in [2.24, 2.45) is 5.92 Å². The Bertz CT molecular complexity index is 166. The molecule has 1 saturated carbocycles. The van der Waals surface area contributed by atoms with Crippen molar-refractivity contribution >= 4 is 11.6 Å². The molecule has 0 heterocycles. The minimum Gasteiger partial charge on any atom is -0.123 e. The molecule has 1 heteroatoms. The van der Waals surface area contributed by atoms with Crippen LogP contribution >= 0.6 is 11.6 Å². The smallest absolute Gasteiger partial charge is 0.0344 e. The zero-order valence-corrected chi connectivity index (χ0v) is 10.2. The predicted octanol–water partition coefficient (Wildman–Crippen LogP) is 4.92. The van der Waals surface area contributed by atoms with Crippen LogP contribution in [0.5, 0.6) is 0 Å². The van der Waals surface area contributed by atoms with E-state index < -0.39 is 0 Å². The average molecular weight is 215 g/mol. The molecule has 0 saturated heterocycles. The fourth-order valence-electron chi connectivity index (χ4n) is 2.38. The molecule has 0 spiro atoms. The molecule has 82 valence electrons. The summed E-state index contributed by atoms with van der Waals surface area (Å²) in [5.41, 5.74) is 1.35. The highest BCUT2D eigenvalue weighted by atomic mass is 35.5. The number of allylic oxidation sites excluding steroid dienone is 1. The van der Waals surface area contributed by atoms with Crippen LogP contribution in [0.4, 0.5) is 0 Å². The molecular weight excluding hydrogens is 192 g/mol. The number of hydrogen-bond donors (Lipinski definition) is 0. The SMILES string of the molecule is C=C(CCC1CCCCC1)CC(C)Cl. The lowest BCUT2D eigenvalue weighted by Gasteiger charge is -2.21. The third-order valence-electron chi connectivity index (χ3n) is 3.20. The van der Waals surface area contributed by atoms with Gasteiger partial charge in [-0.25, -0.2) is 0 Å². The Kier molecular flexibility index (Phi) is 5.62. The molecule has 1 fully saturated rings. The van der Waals surface area contributed by atoms with Gasteiger partial charge in [-0.05, 0) is 32.1 Å². The molecule has 1 aliphatic carbocycles. The van der Waals surface area contributed by atoms with Crippen LogP contribution in [0.15, 0.2) is 12.2 Å². The summed E-state index contributed by atoms with van der Waals surface area (Å²) in [5.74, 6) is 0.978. The molecule has 0 aliphatic heterocycles. The van der Waals surface area contributed by atoms with E-state index in [2.05, 4.69) is 6.58 Å². The Hall–Kier alpha value is 0.0300. The van der Waals surface area contributed by atoms with Crippen LogP contribution in [0, 0.1) is 5.92 Å². The summed E-state index contributed by atoms with van der Waals surface area (Å²) in [5, 5.41) is 0.258. The Morgan fingerprint density at radius 1 is 1.36 bits per heavy atom. The largest absolute Gasteiger partial charge is 0.123 e. The maximum atomic E-state index is 5.93. The van der Waals surface area contributed by atoms with E-state index in [9.17, 15) is 0 Å². The summed E-state index contributed by atoms with van der Waals surface area (Å²) < 4.78 is 0. The highest BCUT2D eigenvalue weighted by molar-refractivity contribution is 6.20. The monoisotopic (exact) mass is 214 g/mol. The summed E-state index contributed by atoms with van der Waals surface area (Å²) in [7, 11) is 0. The minimum atomic E-state index is 0.258. The molecule has 0 radical (unpaired) electrons. The van der Waals surface area contributed by atoms with Crippen LogP contribution in [-0.4, -0.2) is 5.38 Å². The van der Waals surface area contributed by atoms with Gasteiger partial charge in [0.25, 0.3) is 0 Å². The highest BCUT2D eigenvalue weighted by Gasteiger charge is 2.13. The summed E-state index contributed by atoms with van der Waals surface area (Å²) in [6, 6.07) is 0. The maximum absolute atomic E-state index is 5.93. The van der Waals surface area contributed by atoms with Gasteiger partial charge in [-0.1, -0.05) is 44.3 Å². The van der Waals surface area contributed by atoms with Crippen molar-refractivity contribution in [3.05, 3.63) is 12.2 Å². The van der Waals surface area contributed by atoms with Gasteiger partial charge in [0, 0.05) is 5.38 Å². The molecule has 0 bridgehead atoms. The third-order valence-corrected chi connectivity index (χ3v) is 3.36. The van der Waals surface area contributed by atoms with E-state index in [4.69, 9.17) is 11.6 Å². The summed E-state index contributed by atoms with van der Waals surface area (Å²) in [4.78, 5) is 0. The van der Waals surface area contributed by atoms with Gasteiger partial charge in [-0.3, -0.25) is 0 Å². The second-order valence-corrected chi connectivity index (χ2v) is 5.52. The van der Waals surface area contributed by atoms with Crippen LogP contribution in [0.1, 0.15) is 58.3 Å². The molecule has 1 atom stereocenters. The van der Waals surface area contributed by atoms with Crippen molar-refractivity contribution in [2.45, 2.75) is 63.7 Å². The molecule has 1 aliphatic rings. The van der Waals surface area contributed by atoms with Crippen LogP contribution in [-0.2, 0) is 0 Å². The Balaban J connectivity index is 2.09. The molecule has 0 nitrogen and oxygen atoms in total. The summed E-state index contributed by atoms with van der Waals surface area (Å²) in [6.45, 7) is 6.14. The first-order valence-electron chi connectivity index (χ1n) is 5.99. The van der Waals surface area contributed by atoms with E-state index in [1.165, 1.54) is 50.5 Å². The van der Waals surface area contributed by atoms with E-state index in [1.807, 2.05) is 6.92 Å². The Morgan fingerprint density at radius 3 is 2.57 bits per heavy atom. The summed E-state index contributed by atoms with van der Waals surface area (Å²) >= 11 is 5.93. The van der Waals surface area contributed by atoms with Crippen LogP contribution in [0.25, 0.3) is 0 Å². The second-order valence-electron chi connectivity index (χ2n) is 4.78. The molecule has 1 unspecified atom stereocenters. The number of rotatable bonds is 5. The molecule has 0 aromatic rings. The Morgan fingerprint density at radius 2 is 2.00 bits per heavy atom. The Labute approximate surface area is 93.7 Å². The van der Waals surface area contributed by atoms with Gasteiger partial charge in [-0.15, -0.1) is 11.6 Å². The fourth-order valence-corrected chi connectivity index (χ4v) is 2.60. The maximum Gasteiger partial charge on any atom is 0.0344 e. The van der Waals surface area contributed by atoms with Crippen molar-refractivity contribution in [2.75, 3.05) is 0 Å². The first kappa shape index (κ1) is 12.1. The zero-order chi connectivity index (χ0) is 10.4. The minimum absolute atomic E-state index is 0.258. The van der Waals surface area contributed by atoms with Crippen molar-refractivity contribution in [3.8, 4) is 0 Å². The third kappa shape index (κ3) is 5.05. The van der Waals surface area contributed by atoms with Gasteiger partial charge >= 0.3 is 0 Å². The second kappa shape index (κ2) is 6.50. The lowest BCUT2D eigenvalue weighted by Crippen LogP contribution is -2.06. The lowest BCUT2D eigenvalue weighted by atomic mass is 9.85. The van der Waals surface area contributed by atoms with E-state index in [1.54, 1.807) is 0 Å². The van der Waals surface area contributed by atoms with Gasteiger partial charge < -0.3 is 0 Å². The first-order valence-corrected chi connectivity index (χ1v) is 6.43.